The molecule has 0 bridgehead atoms. The van der Waals surface area contributed by atoms with Gasteiger partial charge in [0, 0.05) is 33.2 Å². The summed E-state index contributed by atoms with van der Waals surface area (Å²) in [6, 6.07) is 6.04. The SMILES string of the molecule is Cn1nncc1COc1ccc2c(c1)CCN(CC(O)CNC(=O)O)C2. The van der Waals surface area contributed by atoms with Gasteiger partial charge in [0.1, 0.15) is 12.4 Å². The highest BCUT2D eigenvalue weighted by Gasteiger charge is 2.19. The third-order valence-corrected chi connectivity index (χ3v) is 4.42. The number of hydrogen-bond acceptors (Lipinski definition) is 6. The van der Waals surface area contributed by atoms with Crippen LogP contribution in [0.15, 0.2) is 24.4 Å². The molecule has 0 saturated carbocycles. The van der Waals surface area contributed by atoms with Crippen molar-refractivity contribution < 1.29 is 19.7 Å². The van der Waals surface area contributed by atoms with Gasteiger partial charge in [-0.15, -0.1) is 5.10 Å². The van der Waals surface area contributed by atoms with Crippen LogP contribution < -0.4 is 10.1 Å². The predicted octanol–water partition coefficient (Wildman–Crippen LogP) is 0.381. The number of amides is 1. The Morgan fingerprint density at radius 1 is 1.42 bits per heavy atom. The standard InChI is InChI=1S/C17H23N5O4/c1-21-14(7-19-20-21)11-26-16-3-2-13-9-22(5-4-12(13)6-16)10-15(23)8-18-17(24)25/h2-3,6-7,15,18,23H,4-5,8-11H2,1H3,(H,24,25). The van der Waals surface area contributed by atoms with Crippen LogP contribution in [0.2, 0.25) is 0 Å². The second-order valence-corrected chi connectivity index (χ2v) is 6.39. The van der Waals surface area contributed by atoms with Crippen molar-refractivity contribution in [3.8, 4) is 5.75 Å². The summed E-state index contributed by atoms with van der Waals surface area (Å²) in [5.41, 5.74) is 3.34. The number of aliphatic hydroxyl groups excluding tert-OH is 1. The average molecular weight is 361 g/mol. The molecule has 1 aromatic carbocycles. The molecular weight excluding hydrogens is 338 g/mol. The van der Waals surface area contributed by atoms with Crippen LogP contribution in [0.25, 0.3) is 0 Å². The lowest BCUT2D eigenvalue weighted by atomic mass is 9.99. The van der Waals surface area contributed by atoms with Crippen LogP contribution in [-0.2, 0) is 26.6 Å². The van der Waals surface area contributed by atoms with Gasteiger partial charge in [0.05, 0.1) is 18.0 Å². The number of aliphatic hydroxyl groups is 1. The molecule has 1 aliphatic rings. The monoisotopic (exact) mass is 361 g/mol. The van der Waals surface area contributed by atoms with Crippen LogP contribution in [0.1, 0.15) is 16.8 Å². The highest BCUT2D eigenvalue weighted by molar-refractivity contribution is 5.64. The van der Waals surface area contributed by atoms with Gasteiger partial charge in [0.25, 0.3) is 0 Å². The number of carbonyl (C=O) groups is 1. The molecule has 0 saturated heterocycles. The molecule has 26 heavy (non-hydrogen) atoms. The largest absolute Gasteiger partial charge is 0.487 e. The summed E-state index contributed by atoms with van der Waals surface area (Å²) in [6.45, 7) is 2.43. The van der Waals surface area contributed by atoms with Crippen molar-refractivity contribution in [3.05, 3.63) is 41.2 Å². The number of rotatable bonds is 7. The molecule has 1 atom stereocenters. The van der Waals surface area contributed by atoms with Crippen LogP contribution >= 0.6 is 0 Å². The van der Waals surface area contributed by atoms with E-state index < -0.39 is 12.2 Å². The summed E-state index contributed by atoms with van der Waals surface area (Å²) in [6.07, 6.45) is 0.699. The zero-order valence-corrected chi connectivity index (χ0v) is 14.6. The number of fused-ring (bicyclic) bond motifs is 1. The molecule has 0 radical (unpaired) electrons. The Morgan fingerprint density at radius 3 is 3.00 bits per heavy atom. The number of aryl methyl sites for hydroxylation is 1. The van der Waals surface area contributed by atoms with Gasteiger partial charge in [-0.1, -0.05) is 11.3 Å². The maximum absolute atomic E-state index is 10.5. The topological polar surface area (TPSA) is 113 Å². The van der Waals surface area contributed by atoms with Gasteiger partial charge in [0.15, 0.2) is 0 Å². The minimum absolute atomic E-state index is 0.0360. The van der Waals surface area contributed by atoms with Gasteiger partial charge >= 0.3 is 6.09 Å². The summed E-state index contributed by atoms with van der Waals surface area (Å²) >= 11 is 0. The maximum atomic E-state index is 10.5. The molecule has 1 aliphatic heterocycles. The second kappa shape index (κ2) is 8.15. The van der Waals surface area contributed by atoms with Gasteiger partial charge in [-0.25, -0.2) is 9.48 Å². The van der Waals surface area contributed by atoms with Gasteiger partial charge in [-0.2, -0.15) is 0 Å². The van der Waals surface area contributed by atoms with E-state index in [0.717, 1.165) is 31.0 Å². The lowest BCUT2D eigenvalue weighted by molar-refractivity contribution is 0.102. The van der Waals surface area contributed by atoms with Crippen LogP contribution in [0.5, 0.6) is 5.75 Å². The Labute approximate surface area is 151 Å². The lowest BCUT2D eigenvalue weighted by Crippen LogP contribution is -2.41. The Bertz CT molecular complexity index is 763. The van der Waals surface area contributed by atoms with E-state index in [1.807, 2.05) is 19.2 Å². The fourth-order valence-corrected chi connectivity index (χ4v) is 3.00. The molecule has 0 fully saturated rings. The molecule has 9 heteroatoms. The van der Waals surface area contributed by atoms with E-state index in [1.165, 1.54) is 11.1 Å². The molecule has 3 N–H and O–H groups in total. The summed E-state index contributed by atoms with van der Waals surface area (Å²) in [5.74, 6) is 0.809. The first-order valence-corrected chi connectivity index (χ1v) is 8.46. The summed E-state index contributed by atoms with van der Waals surface area (Å²) in [5, 5.41) is 28.4. The van der Waals surface area contributed by atoms with E-state index in [9.17, 15) is 9.90 Å². The number of nitrogens with one attached hydrogen (secondary N) is 1. The zero-order chi connectivity index (χ0) is 18.5. The molecule has 1 amide bonds. The second-order valence-electron chi connectivity index (χ2n) is 6.39. The smallest absolute Gasteiger partial charge is 0.404 e. The first-order valence-electron chi connectivity index (χ1n) is 8.46. The Kier molecular flexibility index (Phi) is 5.69. The Balaban J connectivity index is 1.53. The number of hydrogen-bond donors (Lipinski definition) is 3. The van der Waals surface area contributed by atoms with E-state index in [0.29, 0.717) is 13.2 Å². The van der Waals surface area contributed by atoms with Gasteiger partial charge in [-0.3, -0.25) is 4.90 Å². The minimum Gasteiger partial charge on any atom is -0.487 e. The molecular formula is C17H23N5O4. The van der Waals surface area contributed by atoms with Crippen molar-refractivity contribution >= 4 is 6.09 Å². The zero-order valence-electron chi connectivity index (χ0n) is 14.6. The highest BCUT2D eigenvalue weighted by atomic mass is 16.5. The highest BCUT2D eigenvalue weighted by Crippen LogP contribution is 2.24. The van der Waals surface area contributed by atoms with Crippen LogP contribution in [0, 0.1) is 0 Å². The number of benzene rings is 1. The van der Waals surface area contributed by atoms with E-state index in [4.69, 9.17) is 9.84 Å². The van der Waals surface area contributed by atoms with Crippen molar-refractivity contribution in [3.63, 3.8) is 0 Å². The predicted molar refractivity (Wildman–Crippen MR) is 92.8 cm³/mol. The quantitative estimate of drug-likeness (QED) is 0.653. The number of β-amino-alcohol motifs (C(OH)–C–C–N with tert-alkyl or cyclic N) is 1. The van der Waals surface area contributed by atoms with Crippen LogP contribution in [0.4, 0.5) is 4.79 Å². The fraction of sp³-hybridized carbons (Fsp3) is 0.471. The summed E-state index contributed by atoms with van der Waals surface area (Å²) < 4.78 is 7.51. The number of aromatic nitrogens is 3. The summed E-state index contributed by atoms with van der Waals surface area (Å²) in [4.78, 5) is 12.6. The van der Waals surface area contributed by atoms with Gasteiger partial charge in [-0.05, 0) is 29.7 Å². The first-order chi connectivity index (χ1) is 12.5. The number of ether oxygens (including phenoxy) is 1. The molecule has 140 valence electrons. The number of carboxylic acid groups (broad SMARTS) is 1. The molecule has 1 aromatic heterocycles. The van der Waals surface area contributed by atoms with E-state index in [2.05, 4.69) is 26.6 Å². The fourth-order valence-electron chi connectivity index (χ4n) is 3.00. The maximum Gasteiger partial charge on any atom is 0.404 e. The van der Waals surface area contributed by atoms with Crippen molar-refractivity contribution in [2.75, 3.05) is 19.6 Å². The van der Waals surface area contributed by atoms with E-state index >= 15 is 0 Å². The van der Waals surface area contributed by atoms with Crippen molar-refractivity contribution in [2.24, 2.45) is 7.05 Å². The third kappa shape index (κ3) is 4.70. The molecule has 2 aromatic rings. The third-order valence-electron chi connectivity index (χ3n) is 4.42. The lowest BCUT2D eigenvalue weighted by Gasteiger charge is -2.30. The molecule has 3 rings (SSSR count). The Morgan fingerprint density at radius 2 is 2.27 bits per heavy atom. The van der Waals surface area contributed by atoms with Gasteiger partial charge < -0.3 is 20.3 Å². The van der Waals surface area contributed by atoms with Crippen molar-refractivity contribution in [1.29, 1.82) is 0 Å². The Hall–Kier alpha value is -2.65. The van der Waals surface area contributed by atoms with Gasteiger partial charge in [0.2, 0.25) is 0 Å². The minimum atomic E-state index is -1.12. The molecule has 1 unspecified atom stereocenters. The van der Waals surface area contributed by atoms with Crippen LogP contribution in [0.3, 0.4) is 0 Å². The molecule has 2 heterocycles. The van der Waals surface area contributed by atoms with E-state index in [-0.39, 0.29) is 6.54 Å². The molecule has 0 spiro atoms. The molecule has 9 nitrogen and oxygen atoms in total. The normalized spacial score (nSPS) is 15.3. The number of nitrogens with zero attached hydrogens (tertiary/aromatic N) is 4. The van der Waals surface area contributed by atoms with Crippen molar-refractivity contribution in [2.45, 2.75) is 25.7 Å². The summed E-state index contributed by atoms with van der Waals surface area (Å²) in [7, 11) is 1.83. The molecule has 0 aliphatic carbocycles. The average Bonchev–Trinajstić information content (AvgIpc) is 3.03. The van der Waals surface area contributed by atoms with E-state index in [1.54, 1.807) is 10.9 Å². The first kappa shape index (κ1) is 18.2. The van der Waals surface area contributed by atoms with Crippen molar-refractivity contribution in [1.82, 2.24) is 25.2 Å². The van der Waals surface area contributed by atoms with Crippen LogP contribution in [-0.4, -0.2) is 61.9 Å².